The van der Waals surface area contributed by atoms with E-state index in [1.807, 2.05) is 24.3 Å². The number of halogens is 2. The number of nitrogen functional groups attached to an aromatic ring is 1. The molecule has 8 heteroatoms. The van der Waals surface area contributed by atoms with E-state index in [1.54, 1.807) is 0 Å². The number of aryl methyl sites for hydroxylation is 1. The Morgan fingerprint density at radius 2 is 2.04 bits per heavy atom. The van der Waals surface area contributed by atoms with Crippen molar-refractivity contribution >= 4 is 22.9 Å². The Balaban J connectivity index is 1.72. The molecule has 124 valence electrons. The molecule has 0 radical (unpaired) electrons. The molecule has 2 heterocycles. The van der Waals surface area contributed by atoms with Gasteiger partial charge >= 0.3 is 0 Å². The number of rotatable bonds is 3. The van der Waals surface area contributed by atoms with Crippen molar-refractivity contribution < 1.29 is 13.2 Å². The van der Waals surface area contributed by atoms with Crippen molar-refractivity contribution in [3.63, 3.8) is 0 Å². The summed E-state index contributed by atoms with van der Waals surface area (Å²) in [6, 6.07) is 7.65. The molecule has 1 atom stereocenters. The number of benzene rings is 1. The van der Waals surface area contributed by atoms with Gasteiger partial charge in [0, 0.05) is 17.4 Å². The molecular formula is C16H15F2N5O. The number of nitrogens with one attached hydrogen (secondary N) is 1. The van der Waals surface area contributed by atoms with Crippen LogP contribution in [0.1, 0.15) is 42.5 Å². The lowest BCUT2D eigenvalue weighted by molar-refractivity contribution is 0.140. The van der Waals surface area contributed by atoms with Crippen LogP contribution in [0.15, 0.2) is 28.7 Å². The molecule has 3 N–H and O–H groups in total. The number of hydrogen-bond donors (Lipinski definition) is 2. The first-order valence-electron chi connectivity index (χ1n) is 7.68. The lowest BCUT2D eigenvalue weighted by atomic mass is 9.91. The minimum absolute atomic E-state index is 0.0564. The van der Waals surface area contributed by atoms with Gasteiger partial charge in [0.05, 0.1) is 6.04 Å². The first-order valence-corrected chi connectivity index (χ1v) is 7.68. The van der Waals surface area contributed by atoms with E-state index in [0.717, 1.165) is 41.6 Å². The summed E-state index contributed by atoms with van der Waals surface area (Å²) in [5.41, 5.74) is 7.37. The standard InChI is InChI=1S/C16H15F2N5O/c17-13(18)14-21-15(19)23-16(22-14)20-9-5-3-7-11-12(9)8-4-1-2-6-10(8)24-11/h1-2,4,6,9,13H,3,5,7H2,(H3,19,20,21,22,23)/t9-/m1/s1. The van der Waals surface area contributed by atoms with Gasteiger partial charge in [0.25, 0.3) is 6.43 Å². The highest BCUT2D eigenvalue weighted by Gasteiger charge is 2.27. The molecule has 0 saturated heterocycles. The second kappa shape index (κ2) is 5.70. The predicted molar refractivity (Wildman–Crippen MR) is 84.7 cm³/mol. The van der Waals surface area contributed by atoms with Crippen LogP contribution in [0.5, 0.6) is 0 Å². The zero-order chi connectivity index (χ0) is 16.7. The van der Waals surface area contributed by atoms with Crippen LogP contribution >= 0.6 is 0 Å². The van der Waals surface area contributed by atoms with Gasteiger partial charge < -0.3 is 15.5 Å². The van der Waals surface area contributed by atoms with Crippen LogP contribution in [0.25, 0.3) is 11.0 Å². The van der Waals surface area contributed by atoms with Gasteiger partial charge in [0.2, 0.25) is 17.7 Å². The van der Waals surface area contributed by atoms with E-state index in [4.69, 9.17) is 10.2 Å². The summed E-state index contributed by atoms with van der Waals surface area (Å²) in [4.78, 5) is 11.2. The number of furan rings is 1. The van der Waals surface area contributed by atoms with Crippen LogP contribution in [0.4, 0.5) is 20.7 Å². The summed E-state index contributed by atoms with van der Waals surface area (Å²) >= 11 is 0. The smallest absolute Gasteiger partial charge is 0.297 e. The molecule has 2 aromatic heterocycles. The molecule has 1 aliphatic rings. The van der Waals surface area contributed by atoms with Crippen molar-refractivity contribution in [1.29, 1.82) is 0 Å². The highest BCUT2D eigenvalue weighted by atomic mass is 19.3. The molecule has 0 saturated carbocycles. The largest absolute Gasteiger partial charge is 0.461 e. The van der Waals surface area contributed by atoms with Crippen molar-refractivity contribution in [2.45, 2.75) is 31.7 Å². The summed E-state index contributed by atoms with van der Waals surface area (Å²) in [6.07, 6.45) is -0.199. The van der Waals surface area contributed by atoms with Crippen molar-refractivity contribution in [2.75, 3.05) is 11.1 Å². The molecule has 0 bridgehead atoms. The highest BCUT2D eigenvalue weighted by molar-refractivity contribution is 5.83. The van der Waals surface area contributed by atoms with Crippen LogP contribution in [0, 0.1) is 0 Å². The van der Waals surface area contributed by atoms with E-state index >= 15 is 0 Å². The number of anilines is 2. The second-order valence-corrected chi connectivity index (χ2v) is 5.70. The van der Waals surface area contributed by atoms with Gasteiger partial charge in [-0.05, 0) is 18.9 Å². The Hall–Kier alpha value is -2.77. The monoisotopic (exact) mass is 331 g/mol. The van der Waals surface area contributed by atoms with Gasteiger partial charge in [-0.1, -0.05) is 18.2 Å². The van der Waals surface area contributed by atoms with E-state index < -0.39 is 12.2 Å². The van der Waals surface area contributed by atoms with Crippen molar-refractivity contribution in [3.8, 4) is 0 Å². The first-order chi connectivity index (χ1) is 11.6. The number of alkyl halides is 2. The average Bonchev–Trinajstić information content (AvgIpc) is 2.93. The molecule has 1 aromatic carbocycles. The summed E-state index contributed by atoms with van der Waals surface area (Å²) in [5.74, 6) is 0.117. The molecule has 1 aliphatic carbocycles. The van der Waals surface area contributed by atoms with Gasteiger partial charge in [-0.25, -0.2) is 8.78 Å². The molecule has 0 spiro atoms. The summed E-state index contributed by atoms with van der Waals surface area (Å²) in [7, 11) is 0. The normalized spacial score (nSPS) is 17.2. The van der Waals surface area contributed by atoms with E-state index in [0.29, 0.717) is 0 Å². The van der Waals surface area contributed by atoms with E-state index in [2.05, 4.69) is 20.3 Å². The predicted octanol–water partition coefficient (Wildman–Crippen LogP) is 3.63. The minimum Gasteiger partial charge on any atom is -0.461 e. The molecular weight excluding hydrogens is 316 g/mol. The second-order valence-electron chi connectivity index (χ2n) is 5.70. The number of fused-ring (bicyclic) bond motifs is 3. The summed E-state index contributed by atoms with van der Waals surface area (Å²) in [5, 5.41) is 4.13. The Kier molecular flexibility index (Phi) is 3.51. The number of para-hydroxylation sites is 1. The van der Waals surface area contributed by atoms with Crippen molar-refractivity contribution in [3.05, 3.63) is 41.4 Å². The van der Waals surface area contributed by atoms with Gasteiger partial charge in [-0.3, -0.25) is 0 Å². The number of hydrogen-bond acceptors (Lipinski definition) is 6. The molecule has 4 rings (SSSR count). The fourth-order valence-electron chi connectivity index (χ4n) is 3.17. The first kappa shape index (κ1) is 14.8. The van der Waals surface area contributed by atoms with E-state index in [9.17, 15) is 8.78 Å². The van der Waals surface area contributed by atoms with E-state index in [1.165, 1.54) is 0 Å². The Morgan fingerprint density at radius 1 is 1.21 bits per heavy atom. The molecule has 0 amide bonds. The lowest BCUT2D eigenvalue weighted by Gasteiger charge is -2.23. The van der Waals surface area contributed by atoms with Crippen LogP contribution in [0.3, 0.4) is 0 Å². The minimum atomic E-state index is -2.80. The van der Waals surface area contributed by atoms with E-state index in [-0.39, 0.29) is 17.9 Å². The number of nitrogens with zero attached hydrogens (tertiary/aromatic N) is 3. The fraction of sp³-hybridized carbons (Fsp3) is 0.312. The molecule has 6 nitrogen and oxygen atoms in total. The highest BCUT2D eigenvalue weighted by Crippen LogP contribution is 2.39. The third-order valence-electron chi connectivity index (χ3n) is 4.12. The Bertz CT molecular complexity index is 895. The maximum Gasteiger partial charge on any atom is 0.297 e. The van der Waals surface area contributed by atoms with Gasteiger partial charge in [0.1, 0.15) is 11.3 Å². The van der Waals surface area contributed by atoms with Crippen molar-refractivity contribution in [2.24, 2.45) is 0 Å². The SMILES string of the molecule is Nc1nc(N[C@@H]2CCCc3oc4ccccc4c32)nc(C(F)F)n1. The topological polar surface area (TPSA) is 89.9 Å². The van der Waals surface area contributed by atoms with Crippen molar-refractivity contribution in [1.82, 2.24) is 15.0 Å². The lowest BCUT2D eigenvalue weighted by Crippen LogP contribution is -2.19. The summed E-state index contributed by atoms with van der Waals surface area (Å²) < 4.78 is 31.6. The Morgan fingerprint density at radius 3 is 2.88 bits per heavy atom. The van der Waals surface area contributed by atoms with Gasteiger partial charge in [-0.15, -0.1) is 0 Å². The summed E-state index contributed by atoms with van der Waals surface area (Å²) in [6.45, 7) is 0. The number of aromatic nitrogens is 3. The molecule has 0 unspecified atom stereocenters. The van der Waals surface area contributed by atoms with Crippen LogP contribution in [-0.4, -0.2) is 15.0 Å². The van der Waals surface area contributed by atoms with Crippen LogP contribution in [0.2, 0.25) is 0 Å². The third kappa shape index (κ3) is 2.53. The third-order valence-corrected chi connectivity index (χ3v) is 4.12. The molecule has 24 heavy (non-hydrogen) atoms. The molecule has 3 aromatic rings. The van der Waals surface area contributed by atoms with Gasteiger partial charge in [0.15, 0.2) is 0 Å². The molecule has 0 fully saturated rings. The van der Waals surface area contributed by atoms with Crippen LogP contribution < -0.4 is 11.1 Å². The zero-order valence-electron chi connectivity index (χ0n) is 12.7. The maximum atomic E-state index is 12.9. The van der Waals surface area contributed by atoms with Crippen LogP contribution in [-0.2, 0) is 6.42 Å². The number of nitrogens with two attached hydrogens (primary N) is 1. The maximum absolute atomic E-state index is 12.9. The Labute approximate surface area is 136 Å². The fourth-order valence-corrected chi connectivity index (χ4v) is 3.17. The quantitative estimate of drug-likeness (QED) is 0.762. The van der Waals surface area contributed by atoms with Gasteiger partial charge in [-0.2, -0.15) is 15.0 Å². The molecule has 0 aliphatic heterocycles. The average molecular weight is 331 g/mol. The zero-order valence-corrected chi connectivity index (χ0v) is 12.7.